The minimum atomic E-state index is -3.60. The summed E-state index contributed by atoms with van der Waals surface area (Å²) in [6.45, 7) is 0.373. The van der Waals surface area contributed by atoms with Crippen LogP contribution in [0.5, 0.6) is 11.5 Å². The first-order chi connectivity index (χ1) is 14.8. The summed E-state index contributed by atoms with van der Waals surface area (Å²) in [6, 6.07) is 15.6. The average molecular weight is 461 g/mol. The van der Waals surface area contributed by atoms with Crippen LogP contribution in [0.4, 0.5) is 5.69 Å². The molecule has 3 aromatic rings. The first-order valence-corrected chi connectivity index (χ1v) is 11.8. The maximum absolute atomic E-state index is 12.7. The van der Waals surface area contributed by atoms with Crippen LogP contribution in [0.15, 0.2) is 64.2 Å². The quantitative estimate of drug-likeness (QED) is 0.526. The summed E-state index contributed by atoms with van der Waals surface area (Å²) in [5.74, 6) is 1.14. The number of methoxy groups -OCH3 is 2. The summed E-state index contributed by atoms with van der Waals surface area (Å²) in [5.41, 5.74) is 2.07. The molecule has 7 nitrogen and oxygen atoms in total. The predicted octanol–water partition coefficient (Wildman–Crippen LogP) is 3.77. The van der Waals surface area contributed by atoms with E-state index in [2.05, 4.69) is 4.72 Å². The van der Waals surface area contributed by atoms with Crippen molar-refractivity contribution in [2.24, 2.45) is 0 Å². The van der Waals surface area contributed by atoms with Crippen LogP contribution in [0.25, 0.3) is 0 Å². The molecule has 31 heavy (non-hydrogen) atoms. The van der Waals surface area contributed by atoms with E-state index in [-0.39, 0.29) is 16.5 Å². The molecule has 1 amide bonds. The van der Waals surface area contributed by atoms with Gasteiger partial charge in [0, 0.05) is 24.8 Å². The molecule has 0 saturated carbocycles. The van der Waals surface area contributed by atoms with Gasteiger partial charge in [-0.2, -0.15) is 0 Å². The second-order valence-corrected chi connectivity index (χ2v) is 9.67. The number of rotatable bonds is 9. The van der Waals surface area contributed by atoms with Gasteiger partial charge >= 0.3 is 0 Å². The minimum absolute atomic E-state index is 0.0724. The second-order valence-electron chi connectivity index (χ2n) is 6.81. The lowest BCUT2D eigenvalue weighted by atomic mass is 10.1. The number of anilines is 1. The Balaban J connectivity index is 1.63. The molecule has 164 valence electrons. The zero-order valence-electron chi connectivity index (χ0n) is 17.5. The van der Waals surface area contributed by atoms with Gasteiger partial charge in [-0.15, -0.1) is 11.3 Å². The highest BCUT2D eigenvalue weighted by Gasteiger charge is 2.17. The van der Waals surface area contributed by atoms with Gasteiger partial charge in [0.1, 0.15) is 4.21 Å². The summed E-state index contributed by atoms with van der Waals surface area (Å²) in [7, 11) is 1.27. The molecule has 0 aliphatic carbocycles. The van der Waals surface area contributed by atoms with Crippen LogP contribution in [0.1, 0.15) is 11.1 Å². The summed E-state index contributed by atoms with van der Waals surface area (Å²) < 4.78 is 38.1. The van der Waals surface area contributed by atoms with Gasteiger partial charge in [0.25, 0.3) is 10.0 Å². The Morgan fingerprint density at radius 2 is 1.77 bits per heavy atom. The first kappa shape index (κ1) is 22.6. The normalized spacial score (nSPS) is 11.1. The molecule has 0 bridgehead atoms. The van der Waals surface area contributed by atoms with Crippen LogP contribution in [-0.4, -0.2) is 40.5 Å². The van der Waals surface area contributed by atoms with Crippen molar-refractivity contribution in [1.29, 1.82) is 0 Å². The van der Waals surface area contributed by atoms with Gasteiger partial charge in [-0.25, -0.2) is 8.42 Å². The van der Waals surface area contributed by atoms with Crippen molar-refractivity contribution in [1.82, 2.24) is 4.90 Å². The number of nitrogens with one attached hydrogen (secondary N) is 1. The molecular formula is C22H24N2O5S2. The monoisotopic (exact) mass is 460 g/mol. The summed E-state index contributed by atoms with van der Waals surface area (Å²) in [4.78, 5) is 14.3. The number of nitrogens with zero attached hydrogens (tertiary/aromatic N) is 1. The van der Waals surface area contributed by atoms with Gasteiger partial charge in [-0.3, -0.25) is 9.52 Å². The summed E-state index contributed by atoms with van der Waals surface area (Å²) in [5, 5.41) is 1.71. The Bertz CT molecular complexity index is 1130. The maximum Gasteiger partial charge on any atom is 0.271 e. The molecule has 0 atom stereocenters. The van der Waals surface area contributed by atoms with Crippen molar-refractivity contribution in [2.45, 2.75) is 17.2 Å². The smallest absolute Gasteiger partial charge is 0.271 e. The van der Waals surface area contributed by atoms with Gasteiger partial charge in [-0.05, 0) is 35.2 Å². The molecule has 0 saturated heterocycles. The van der Waals surface area contributed by atoms with E-state index in [0.29, 0.717) is 23.7 Å². The third-order valence-electron chi connectivity index (χ3n) is 4.64. The number of benzene rings is 2. The van der Waals surface area contributed by atoms with E-state index in [9.17, 15) is 13.2 Å². The van der Waals surface area contributed by atoms with Crippen molar-refractivity contribution >= 4 is 33.0 Å². The molecule has 0 aliphatic heterocycles. The van der Waals surface area contributed by atoms with Gasteiger partial charge in [0.05, 0.1) is 20.6 Å². The number of thiophene rings is 1. The van der Waals surface area contributed by atoms with Crippen molar-refractivity contribution in [2.75, 3.05) is 26.0 Å². The molecule has 2 aromatic carbocycles. The van der Waals surface area contributed by atoms with Gasteiger partial charge in [-0.1, -0.05) is 30.3 Å². The lowest BCUT2D eigenvalue weighted by Gasteiger charge is -2.20. The lowest BCUT2D eigenvalue weighted by molar-refractivity contribution is -0.129. The number of carbonyl (C=O) groups excluding carboxylic acids is 1. The van der Waals surface area contributed by atoms with E-state index in [0.717, 1.165) is 22.5 Å². The van der Waals surface area contributed by atoms with Crippen molar-refractivity contribution in [3.63, 3.8) is 0 Å². The fourth-order valence-corrected chi connectivity index (χ4v) is 5.10. The molecule has 1 N–H and O–H groups in total. The predicted molar refractivity (Wildman–Crippen MR) is 121 cm³/mol. The van der Waals surface area contributed by atoms with E-state index in [4.69, 9.17) is 9.47 Å². The molecular weight excluding hydrogens is 436 g/mol. The van der Waals surface area contributed by atoms with Crippen LogP contribution in [0.3, 0.4) is 0 Å². The van der Waals surface area contributed by atoms with Crippen LogP contribution < -0.4 is 14.2 Å². The molecule has 1 heterocycles. The largest absolute Gasteiger partial charge is 0.493 e. The van der Waals surface area contributed by atoms with E-state index in [1.54, 1.807) is 74.0 Å². The number of para-hydroxylation sites is 1. The molecule has 9 heteroatoms. The van der Waals surface area contributed by atoms with E-state index < -0.39 is 10.0 Å². The topological polar surface area (TPSA) is 84.9 Å². The third-order valence-corrected chi connectivity index (χ3v) is 7.42. The van der Waals surface area contributed by atoms with Crippen molar-refractivity contribution in [3.8, 4) is 11.5 Å². The van der Waals surface area contributed by atoms with Crippen LogP contribution in [0, 0.1) is 0 Å². The minimum Gasteiger partial charge on any atom is -0.493 e. The SMILES string of the molecule is COc1cccc(CN(C)C(=O)Cc2ccc(NS(=O)(=O)c3cccs3)cc2)c1OC. The number of likely N-dealkylation sites (N-methyl/N-ethyl adjacent to an activating group) is 1. The van der Waals surface area contributed by atoms with E-state index >= 15 is 0 Å². The summed E-state index contributed by atoms with van der Waals surface area (Å²) >= 11 is 1.15. The molecule has 0 spiro atoms. The lowest BCUT2D eigenvalue weighted by Crippen LogP contribution is -2.28. The van der Waals surface area contributed by atoms with Gasteiger partial charge < -0.3 is 14.4 Å². The number of sulfonamides is 1. The molecule has 1 aromatic heterocycles. The van der Waals surface area contributed by atoms with Crippen molar-refractivity contribution < 1.29 is 22.7 Å². The highest BCUT2D eigenvalue weighted by molar-refractivity contribution is 7.94. The Hall–Kier alpha value is -3.04. The van der Waals surface area contributed by atoms with Crippen LogP contribution in [-0.2, 0) is 27.8 Å². The fourth-order valence-electron chi connectivity index (χ4n) is 3.04. The van der Waals surface area contributed by atoms with Crippen LogP contribution in [0.2, 0.25) is 0 Å². The highest BCUT2D eigenvalue weighted by Crippen LogP contribution is 2.31. The summed E-state index contributed by atoms with van der Waals surface area (Å²) in [6.07, 6.45) is 0.195. The van der Waals surface area contributed by atoms with Crippen molar-refractivity contribution in [3.05, 3.63) is 71.1 Å². The second kappa shape index (κ2) is 9.84. The van der Waals surface area contributed by atoms with E-state index in [1.165, 1.54) is 0 Å². The Morgan fingerprint density at radius 1 is 1.03 bits per heavy atom. The van der Waals surface area contributed by atoms with Gasteiger partial charge in [0.2, 0.25) is 5.91 Å². The van der Waals surface area contributed by atoms with E-state index in [1.807, 2.05) is 12.1 Å². The molecule has 0 radical (unpaired) electrons. The first-order valence-electron chi connectivity index (χ1n) is 9.43. The Kier molecular flexibility index (Phi) is 7.19. The Morgan fingerprint density at radius 3 is 2.39 bits per heavy atom. The average Bonchev–Trinajstić information content (AvgIpc) is 3.30. The number of carbonyl (C=O) groups is 1. The standard InChI is InChI=1S/C22H24N2O5S2/c1-24(15-17-6-4-7-19(28-2)22(17)29-3)20(25)14-16-9-11-18(12-10-16)23-31(26,27)21-8-5-13-30-21/h4-13,23H,14-15H2,1-3H3. The number of amides is 1. The Labute approximate surface area is 186 Å². The molecule has 0 fully saturated rings. The molecule has 3 rings (SSSR count). The fraction of sp³-hybridized carbons (Fsp3) is 0.227. The number of hydrogen-bond donors (Lipinski definition) is 1. The zero-order chi connectivity index (χ0) is 22.4. The zero-order valence-corrected chi connectivity index (χ0v) is 19.1. The molecule has 0 aliphatic rings. The third kappa shape index (κ3) is 5.56. The maximum atomic E-state index is 12.7. The highest BCUT2D eigenvalue weighted by atomic mass is 32.2. The molecule has 0 unspecified atom stereocenters. The number of ether oxygens (including phenoxy) is 2. The van der Waals surface area contributed by atoms with Gasteiger partial charge in [0.15, 0.2) is 11.5 Å². The number of hydrogen-bond acceptors (Lipinski definition) is 6. The van der Waals surface area contributed by atoms with Crippen LogP contribution >= 0.6 is 11.3 Å².